The Hall–Kier alpha value is -5.36. The zero-order valence-electron chi connectivity index (χ0n) is 24.7. The Morgan fingerprint density at radius 2 is 1.58 bits per heavy atom. The summed E-state index contributed by atoms with van der Waals surface area (Å²) in [6.07, 6.45) is -0.340. The van der Waals surface area contributed by atoms with Gasteiger partial charge in [-0.2, -0.15) is 0 Å². The molecule has 12 heteroatoms. The van der Waals surface area contributed by atoms with Crippen molar-refractivity contribution in [2.75, 3.05) is 23.0 Å². The number of urea groups is 1. The fourth-order valence-corrected chi connectivity index (χ4v) is 7.54. The van der Waals surface area contributed by atoms with E-state index < -0.39 is 62.8 Å². The van der Waals surface area contributed by atoms with Gasteiger partial charge in [0, 0.05) is 40.9 Å². The number of hydrogen-bond acceptors (Lipinski definition) is 9. The Labute approximate surface area is 257 Å². The summed E-state index contributed by atoms with van der Waals surface area (Å²) in [7, 11) is 1.61. The van der Waals surface area contributed by atoms with E-state index in [1.54, 1.807) is 26.1 Å². The number of aromatic hydroxyl groups is 1. The van der Waals surface area contributed by atoms with Crippen molar-refractivity contribution in [1.82, 2.24) is 0 Å². The van der Waals surface area contributed by atoms with Gasteiger partial charge in [0.15, 0.2) is 17.1 Å². The van der Waals surface area contributed by atoms with E-state index >= 15 is 0 Å². The van der Waals surface area contributed by atoms with E-state index in [4.69, 9.17) is 5.73 Å². The molecule has 3 aliphatic rings. The fraction of sp³-hybridized carbons (Fsp3) is 0.273. The molecule has 0 radical (unpaired) electrons. The zero-order chi connectivity index (χ0) is 32.6. The lowest BCUT2D eigenvalue weighted by Crippen LogP contribution is -2.64. The smallest absolute Gasteiger partial charge is 0.323 e. The lowest BCUT2D eigenvalue weighted by Gasteiger charge is -2.55. The van der Waals surface area contributed by atoms with Gasteiger partial charge < -0.3 is 42.1 Å². The second kappa shape index (κ2) is 9.83. The third-order valence-electron chi connectivity index (χ3n) is 9.47. The van der Waals surface area contributed by atoms with Crippen molar-refractivity contribution < 1.29 is 39.6 Å². The van der Waals surface area contributed by atoms with Crippen LogP contribution in [0, 0.1) is 10.8 Å². The molecule has 0 saturated carbocycles. The van der Waals surface area contributed by atoms with E-state index in [1.807, 2.05) is 30.3 Å². The molecule has 3 amide bonds. The van der Waals surface area contributed by atoms with Crippen LogP contribution in [0.4, 0.5) is 21.9 Å². The molecule has 3 atom stereocenters. The standard InChI is InChI=1S/C33H32N4O8/c1-31-12-17-19(35-3)11-20(37-30(44)36-18-10-6-8-15-7-4-5-9-16(15)18)25(39)22(17)26(40)24(31)28(42)33(45)27(41)23(29(34)43)21(38)13-32(33,2)14-31/h4-11,35,38-39,42,45H,12-14H2,1-3H3,(H2,34,43)(H2,36,37,44)/t31-,32+,33+/m0/s1. The Balaban J connectivity index is 1.43. The number of aliphatic hydroxyl groups is 3. The van der Waals surface area contributed by atoms with Crippen molar-refractivity contribution in [3.63, 3.8) is 0 Å². The predicted molar refractivity (Wildman–Crippen MR) is 166 cm³/mol. The van der Waals surface area contributed by atoms with Crippen LogP contribution in [0.3, 0.4) is 0 Å². The Bertz CT molecular complexity index is 1940. The molecule has 3 aromatic carbocycles. The maximum atomic E-state index is 14.2. The maximum Gasteiger partial charge on any atom is 0.323 e. The van der Waals surface area contributed by atoms with Crippen molar-refractivity contribution in [3.8, 4) is 5.75 Å². The minimum absolute atomic E-state index is 0.0553. The number of Topliss-reactive ketones (excluding diaryl/α,β-unsaturated/α-hetero) is 2. The summed E-state index contributed by atoms with van der Waals surface area (Å²) in [5.41, 5.74) is -0.289. The largest absolute Gasteiger partial charge is 0.511 e. The highest BCUT2D eigenvalue weighted by atomic mass is 16.3. The van der Waals surface area contributed by atoms with Gasteiger partial charge in [-0.3, -0.25) is 14.4 Å². The van der Waals surface area contributed by atoms with E-state index in [9.17, 15) is 39.6 Å². The quantitative estimate of drug-likeness (QED) is 0.120. The zero-order valence-corrected chi connectivity index (χ0v) is 24.7. The van der Waals surface area contributed by atoms with E-state index in [2.05, 4.69) is 16.0 Å². The highest BCUT2D eigenvalue weighted by molar-refractivity contribution is 6.25. The van der Waals surface area contributed by atoms with Crippen LogP contribution in [0.25, 0.3) is 10.8 Å². The Kier molecular flexibility index (Phi) is 6.49. The number of benzene rings is 3. The average molecular weight is 613 g/mol. The minimum Gasteiger partial charge on any atom is -0.511 e. The van der Waals surface area contributed by atoms with Gasteiger partial charge in [0.1, 0.15) is 17.1 Å². The third kappa shape index (κ3) is 4.09. The summed E-state index contributed by atoms with van der Waals surface area (Å²) in [6.45, 7) is 3.16. The van der Waals surface area contributed by atoms with Gasteiger partial charge in [0.25, 0.3) is 5.91 Å². The van der Waals surface area contributed by atoms with E-state index in [-0.39, 0.29) is 36.1 Å². The normalized spacial score (nSPS) is 25.8. The van der Waals surface area contributed by atoms with Crippen LogP contribution < -0.4 is 21.7 Å². The number of primary amides is 1. The summed E-state index contributed by atoms with van der Waals surface area (Å²) < 4.78 is 0. The first-order valence-corrected chi connectivity index (χ1v) is 14.3. The number of rotatable bonds is 4. The molecule has 232 valence electrons. The first kappa shape index (κ1) is 29.7. The molecule has 0 heterocycles. The van der Waals surface area contributed by atoms with Crippen molar-refractivity contribution in [1.29, 1.82) is 0 Å². The van der Waals surface area contributed by atoms with Crippen LogP contribution in [0.5, 0.6) is 5.75 Å². The van der Waals surface area contributed by atoms with Gasteiger partial charge in [-0.05, 0) is 35.9 Å². The maximum absolute atomic E-state index is 14.2. The molecule has 45 heavy (non-hydrogen) atoms. The van der Waals surface area contributed by atoms with E-state index in [0.717, 1.165) is 10.8 Å². The Morgan fingerprint density at radius 1 is 0.911 bits per heavy atom. The molecule has 0 fully saturated rings. The molecule has 12 nitrogen and oxygen atoms in total. The summed E-state index contributed by atoms with van der Waals surface area (Å²) >= 11 is 0. The number of aliphatic hydroxyl groups excluding tert-OH is 2. The molecule has 3 aliphatic carbocycles. The summed E-state index contributed by atoms with van der Waals surface area (Å²) in [5, 5.41) is 55.4. The second-order valence-corrected chi connectivity index (χ2v) is 12.5. The Morgan fingerprint density at radius 3 is 2.27 bits per heavy atom. The summed E-state index contributed by atoms with van der Waals surface area (Å²) in [6, 6.07) is 13.7. The van der Waals surface area contributed by atoms with Crippen LogP contribution in [-0.4, -0.2) is 56.6 Å². The molecule has 0 bridgehead atoms. The van der Waals surface area contributed by atoms with Gasteiger partial charge >= 0.3 is 6.03 Å². The topological polar surface area (TPSA) is 211 Å². The number of ketones is 2. The number of fused-ring (bicyclic) bond motifs is 4. The number of carbonyl (C=O) groups is 4. The number of phenolic OH excluding ortho intramolecular Hbond substituents is 1. The number of hydrogen-bond donors (Lipinski definition) is 8. The lowest BCUT2D eigenvalue weighted by atomic mass is 9.48. The molecule has 6 rings (SSSR count). The third-order valence-corrected chi connectivity index (χ3v) is 9.47. The van der Waals surface area contributed by atoms with Gasteiger partial charge in [-0.1, -0.05) is 50.2 Å². The number of carbonyl (C=O) groups excluding carboxylic acids is 4. The number of amides is 3. The number of nitrogens with one attached hydrogen (secondary N) is 3. The van der Waals surface area contributed by atoms with Crippen LogP contribution in [-0.2, 0) is 16.0 Å². The van der Waals surface area contributed by atoms with Crippen molar-refractivity contribution in [2.45, 2.75) is 38.7 Å². The number of allylic oxidation sites excluding steroid dienone is 2. The van der Waals surface area contributed by atoms with E-state index in [0.29, 0.717) is 16.9 Å². The first-order valence-electron chi connectivity index (χ1n) is 14.3. The van der Waals surface area contributed by atoms with Gasteiger partial charge in [-0.25, -0.2) is 4.79 Å². The molecule has 0 aromatic heterocycles. The molecule has 3 aromatic rings. The molecular weight excluding hydrogens is 580 g/mol. The lowest BCUT2D eigenvalue weighted by molar-refractivity contribution is -0.159. The summed E-state index contributed by atoms with van der Waals surface area (Å²) in [5.74, 6) is -5.61. The number of anilines is 3. The van der Waals surface area contributed by atoms with Crippen LogP contribution in [0.15, 0.2) is 71.2 Å². The van der Waals surface area contributed by atoms with Crippen LogP contribution in [0.1, 0.15) is 42.6 Å². The molecule has 0 unspecified atom stereocenters. The second-order valence-electron chi connectivity index (χ2n) is 12.5. The molecule has 0 spiro atoms. The van der Waals surface area contributed by atoms with Gasteiger partial charge in [0.05, 0.1) is 16.9 Å². The number of phenols is 1. The number of nitrogens with two attached hydrogens (primary N) is 1. The van der Waals surface area contributed by atoms with Crippen molar-refractivity contribution >= 4 is 51.3 Å². The highest BCUT2D eigenvalue weighted by Gasteiger charge is 2.68. The molecule has 0 saturated heterocycles. The highest BCUT2D eigenvalue weighted by Crippen LogP contribution is 2.62. The monoisotopic (exact) mass is 612 g/mol. The minimum atomic E-state index is -2.75. The predicted octanol–water partition coefficient (Wildman–Crippen LogP) is 4.20. The summed E-state index contributed by atoms with van der Waals surface area (Å²) in [4.78, 5) is 52.8. The van der Waals surface area contributed by atoms with Crippen molar-refractivity contribution in [3.05, 3.63) is 82.3 Å². The SMILES string of the molecule is CNc1cc(NC(=O)Nc2cccc3ccccc23)c(O)c2c1C[C@@]1(C)C[C@@]3(C)CC(O)=C(C(N)=O)C(=O)[C@@]3(O)C(O)=C1C2=O. The average Bonchev–Trinajstić information content (AvgIpc) is 2.96. The van der Waals surface area contributed by atoms with Gasteiger partial charge in [0.2, 0.25) is 5.78 Å². The molecular formula is C33H32N4O8. The molecule has 9 N–H and O–H groups in total. The molecule has 0 aliphatic heterocycles. The first-order chi connectivity index (χ1) is 21.2. The van der Waals surface area contributed by atoms with E-state index in [1.165, 1.54) is 13.0 Å². The fourth-order valence-electron chi connectivity index (χ4n) is 7.54. The van der Waals surface area contributed by atoms with Crippen molar-refractivity contribution in [2.24, 2.45) is 16.6 Å². The van der Waals surface area contributed by atoms with Crippen LogP contribution in [0.2, 0.25) is 0 Å². The van der Waals surface area contributed by atoms with Crippen LogP contribution >= 0.6 is 0 Å². The van der Waals surface area contributed by atoms with Gasteiger partial charge in [-0.15, -0.1) is 0 Å².